The summed E-state index contributed by atoms with van der Waals surface area (Å²) in [6.45, 7) is 4.12. The fourth-order valence-corrected chi connectivity index (χ4v) is 2.26. The number of hydrogen-bond acceptors (Lipinski definition) is 3. The van der Waals surface area contributed by atoms with Gasteiger partial charge in [0, 0.05) is 23.4 Å². The van der Waals surface area contributed by atoms with E-state index in [9.17, 15) is 9.59 Å². The molecule has 0 fully saturated rings. The average molecular weight is 348 g/mol. The van der Waals surface area contributed by atoms with E-state index in [-0.39, 0.29) is 19.0 Å². The number of nitrogens with zero attached hydrogens (tertiary/aromatic N) is 1. The maximum atomic E-state index is 12.7. The molecule has 0 aliphatic rings. The van der Waals surface area contributed by atoms with Crippen LogP contribution in [0.3, 0.4) is 0 Å². The summed E-state index contributed by atoms with van der Waals surface area (Å²) in [6.07, 6.45) is 1.65. The number of anilines is 1. The van der Waals surface area contributed by atoms with Gasteiger partial charge < -0.3 is 15.3 Å². The Balaban J connectivity index is 2.10. The number of carboxylic acids is 1. The van der Waals surface area contributed by atoms with Crippen LogP contribution >= 0.6 is 0 Å². The normalized spacial score (nSPS) is 9.54. The van der Waals surface area contributed by atoms with Gasteiger partial charge in [0.05, 0.1) is 6.54 Å². The molecule has 0 radical (unpaired) electrons. The van der Waals surface area contributed by atoms with Gasteiger partial charge in [0.25, 0.3) is 5.91 Å². The third kappa shape index (κ3) is 5.84. The first kappa shape index (κ1) is 18.8. The molecule has 0 saturated carbocycles. The molecule has 5 nitrogen and oxygen atoms in total. The third-order valence-electron chi connectivity index (χ3n) is 3.47. The van der Waals surface area contributed by atoms with Gasteiger partial charge in [-0.15, -0.1) is 6.58 Å². The molecule has 0 spiro atoms. The molecule has 0 unspecified atom stereocenters. The lowest BCUT2D eigenvalue weighted by Gasteiger charge is -2.18. The summed E-state index contributed by atoms with van der Waals surface area (Å²) in [5, 5.41) is 11.5. The molecule has 2 aromatic carbocycles. The Morgan fingerprint density at radius 3 is 2.62 bits per heavy atom. The molecule has 0 aliphatic carbocycles. The summed E-state index contributed by atoms with van der Waals surface area (Å²) in [5.74, 6) is 4.88. The van der Waals surface area contributed by atoms with E-state index in [1.807, 2.05) is 30.3 Å². The van der Waals surface area contributed by atoms with Crippen molar-refractivity contribution in [3.05, 3.63) is 78.4 Å². The zero-order chi connectivity index (χ0) is 18.8. The highest BCUT2D eigenvalue weighted by atomic mass is 16.4. The molecule has 1 amide bonds. The minimum absolute atomic E-state index is 0.189. The summed E-state index contributed by atoms with van der Waals surface area (Å²) in [7, 11) is 0. The van der Waals surface area contributed by atoms with Crippen LogP contribution < -0.4 is 5.32 Å². The molecule has 26 heavy (non-hydrogen) atoms. The molecule has 5 heteroatoms. The number of carbonyl (C=O) groups is 2. The van der Waals surface area contributed by atoms with E-state index in [2.05, 4.69) is 23.7 Å². The van der Waals surface area contributed by atoms with E-state index in [0.29, 0.717) is 17.8 Å². The Morgan fingerprint density at radius 1 is 1.15 bits per heavy atom. The number of benzene rings is 2. The minimum Gasteiger partial charge on any atom is -0.480 e. The topological polar surface area (TPSA) is 69.6 Å². The van der Waals surface area contributed by atoms with Crippen molar-refractivity contribution in [1.29, 1.82) is 0 Å². The van der Waals surface area contributed by atoms with Crippen LogP contribution in [-0.2, 0) is 4.79 Å². The van der Waals surface area contributed by atoms with Gasteiger partial charge in [0.2, 0.25) is 0 Å². The van der Waals surface area contributed by atoms with Crippen molar-refractivity contribution in [2.24, 2.45) is 0 Å². The van der Waals surface area contributed by atoms with Crippen LogP contribution in [0, 0.1) is 11.8 Å². The van der Waals surface area contributed by atoms with Crippen molar-refractivity contribution >= 4 is 17.6 Å². The van der Waals surface area contributed by atoms with Gasteiger partial charge >= 0.3 is 5.97 Å². The van der Waals surface area contributed by atoms with Crippen molar-refractivity contribution in [3.63, 3.8) is 0 Å². The second kappa shape index (κ2) is 9.70. The molecule has 0 bridgehead atoms. The van der Waals surface area contributed by atoms with Crippen LogP contribution in [0.15, 0.2) is 67.3 Å². The van der Waals surface area contributed by atoms with Gasteiger partial charge in [0.1, 0.15) is 6.54 Å². The molecule has 0 heterocycles. The van der Waals surface area contributed by atoms with Crippen molar-refractivity contribution < 1.29 is 14.7 Å². The Kier molecular flexibility index (Phi) is 7.02. The maximum Gasteiger partial charge on any atom is 0.322 e. The molecule has 132 valence electrons. The number of carboxylic acid groups (broad SMARTS) is 1. The minimum atomic E-state index is -0.966. The van der Waals surface area contributed by atoms with Gasteiger partial charge in [-0.05, 0) is 30.3 Å². The summed E-state index contributed by atoms with van der Waals surface area (Å²) in [4.78, 5) is 25.0. The molecular formula is C21H20N2O3. The highest BCUT2D eigenvalue weighted by Crippen LogP contribution is 2.13. The summed E-state index contributed by atoms with van der Waals surface area (Å²) < 4.78 is 0. The van der Waals surface area contributed by atoms with Crippen LogP contribution in [0.1, 0.15) is 15.9 Å². The molecular weight excluding hydrogens is 328 g/mol. The maximum absolute atomic E-state index is 12.7. The fraction of sp³-hybridized carbons (Fsp3) is 0.143. The second-order valence-corrected chi connectivity index (χ2v) is 5.47. The number of rotatable bonds is 7. The molecule has 2 aromatic rings. The molecule has 0 aromatic heterocycles. The Labute approximate surface area is 153 Å². The lowest BCUT2D eigenvalue weighted by atomic mass is 10.1. The molecule has 0 atom stereocenters. The van der Waals surface area contributed by atoms with E-state index in [1.165, 1.54) is 0 Å². The molecule has 2 rings (SSSR count). The van der Waals surface area contributed by atoms with Gasteiger partial charge in [-0.25, -0.2) is 0 Å². The standard InChI is InChI=1S/C21H20N2O3/c1-2-13-23(14-7-10-17-8-4-3-5-9-17)21(26)18-11-6-12-19(15-18)22-16-20(24)25/h2-6,8-9,11-12,15,22H,1,13-14,16H2,(H,24,25). The van der Waals surface area contributed by atoms with Gasteiger partial charge in [0.15, 0.2) is 0 Å². The van der Waals surface area contributed by atoms with E-state index in [0.717, 1.165) is 5.56 Å². The lowest BCUT2D eigenvalue weighted by molar-refractivity contribution is -0.134. The first-order chi connectivity index (χ1) is 12.6. The van der Waals surface area contributed by atoms with Crippen molar-refractivity contribution in [2.45, 2.75) is 0 Å². The lowest BCUT2D eigenvalue weighted by Crippen LogP contribution is -2.31. The predicted octanol–water partition coefficient (Wildman–Crippen LogP) is 2.86. The van der Waals surface area contributed by atoms with E-state index in [4.69, 9.17) is 5.11 Å². The van der Waals surface area contributed by atoms with Crippen molar-refractivity contribution in [3.8, 4) is 11.8 Å². The van der Waals surface area contributed by atoms with E-state index in [1.54, 1.807) is 35.2 Å². The van der Waals surface area contributed by atoms with Gasteiger partial charge in [-0.2, -0.15) is 0 Å². The van der Waals surface area contributed by atoms with Crippen molar-refractivity contribution in [2.75, 3.05) is 25.0 Å². The van der Waals surface area contributed by atoms with E-state index < -0.39 is 5.97 Å². The smallest absolute Gasteiger partial charge is 0.322 e. The van der Waals surface area contributed by atoms with Crippen LogP contribution in [-0.4, -0.2) is 41.5 Å². The zero-order valence-corrected chi connectivity index (χ0v) is 14.3. The van der Waals surface area contributed by atoms with E-state index >= 15 is 0 Å². The Hall–Kier alpha value is -3.52. The monoisotopic (exact) mass is 348 g/mol. The van der Waals surface area contributed by atoms with Crippen LogP contribution in [0.5, 0.6) is 0 Å². The highest BCUT2D eigenvalue weighted by Gasteiger charge is 2.14. The Bertz CT molecular complexity index is 835. The summed E-state index contributed by atoms with van der Waals surface area (Å²) >= 11 is 0. The number of carbonyl (C=O) groups excluding carboxylic acids is 1. The SMILES string of the molecule is C=CCN(CC#Cc1ccccc1)C(=O)c1cccc(NCC(=O)O)c1. The number of hydrogen-bond donors (Lipinski definition) is 2. The third-order valence-corrected chi connectivity index (χ3v) is 3.47. The quantitative estimate of drug-likeness (QED) is 0.596. The van der Waals surface area contributed by atoms with Crippen LogP contribution in [0.4, 0.5) is 5.69 Å². The zero-order valence-electron chi connectivity index (χ0n) is 14.3. The average Bonchev–Trinajstić information content (AvgIpc) is 2.66. The molecule has 0 saturated heterocycles. The fourth-order valence-electron chi connectivity index (χ4n) is 2.26. The first-order valence-corrected chi connectivity index (χ1v) is 8.10. The van der Waals surface area contributed by atoms with Crippen LogP contribution in [0.2, 0.25) is 0 Å². The largest absolute Gasteiger partial charge is 0.480 e. The van der Waals surface area contributed by atoms with Crippen LogP contribution in [0.25, 0.3) is 0 Å². The molecule has 0 aliphatic heterocycles. The predicted molar refractivity (Wildman–Crippen MR) is 102 cm³/mol. The van der Waals surface area contributed by atoms with Gasteiger partial charge in [-0.1, -0.05) is 42.2 Å². The Morgan fingerprint density at radius 2 is 1.92 bits per heavy atom. The second-order valence-electron chi connectivity index (χ2n) is 5.47. The molecule has 2 N–H and O–H groups in total. The first-order valence-electron chi connectivity index (χ1n) is 8.10. The number of aliphatic carboxylic acids is 1. The highest BCUT2D eigenvalue weighted by molar-refractivity contribution is 5.95. The number of amides is 1. The summed E-state index contributed by atoms with van der Waals surface area (Å²) in [5.41, 5.74) is 1.93. The van der Waals surface area contributed by atoms with Crippen molar-refractivity contribution in [1.82, 2.24) is 4.90 Å². The summed E-state index contributed by atoms with van der Waals surface area (Å²) in [6, 6.07) is 16.3. The number of nitrogens with one attached hydrogen (secondary N) is 1. The van der Waals surface area contributed by atoms with Gasteiger partial charge in [-0.3, -0.25) is 9.59 Å².